The molecule has 33 heavy (non-hydrogen) atoms. The van der Waals surface area contributed by atoms with Crippen molar-refractivity contribution in [3.63, 3.8) is 0 Å². The molecule has 0 aliphatic carbocycles. The maximum Gasteiger partial charge on any atom is 0.340 e. The van der Waals surface area contributed by atoms with E-state index in [-0.39, 0.29) is 17.9 Å². The standard InChI is InChI=1S/C24H20N2O6S/c1-29-19-10-9-15(12-21(19)30-2)23-25-16(14-33-23)13-32-24(28)17-6-3-4-7-18(17)26-22(27)20-8-5-11-31-20/h3-12,14H,13H2,1-2H3,(H,26,27). The van der Waals surface area contributed by atoms with Gasteiger partial charge in [-0.15, -0.1) is 11.3 Å². The van der Waals surface area contributed by atoms with Crippen molar-refractivity contribution in [2.45, 2.75) is 6.61 Å². The number of para-hydroxylation sites is 1. The molecule has 2 heterocycles. The Morgan fingerprint density at radius 2 is 1.85 bits per heavy atom. The number of carbonyl (C=O) groups is 2. The SMILES string of the molecule is COc1ccc(-c2nc(COC(=O)c3ccccc3NC(=O)c3ccco3)cs2)cc1OC. The summed E-state index contributed by atoms with van der Waals surface area (Å²) in [4.78, 5) is 29.5. The van der Waals surface area contributed by atoms with Gasteiger partial charge in [-0.2, -0.15) is 0 Å². The fourth-order valence-electron chi connectivity index (χ4n) is 3.05. The number of amides is 1. The van der Waals surface area contributed by atoms with E-state index in [1.807, 2.05) is 23.6 Å². The lowest BCUT2D eigenvalue weighted by molar-refractivity contribution is 0.0469. The molecule has 4 aromatic rings. The third-order valence-electron chi connectivity index (χ3n) is 4.67. The van der Waals surface area contributed by atoms with E-state index in [1.165, 1.54) is 23.7 Å². The van der Waals surface area contributed by atoms with Gasteiger partial charge < -0.3 is 23.9 Å². The molecule has 0 aliphatic rings. The summed E-state index contributed by atoms with van der Waals surface area (Å²) in [5.74, 6) is 0.338. The molecule has 0 bridgehead atoms. The topological polar surface area (TPSA) is 99.9 Å². The zero-order chi connectivity index (χ0) is 23.2. The van der Waals surface area contributed by atoms with Crippen LogP contribution in [0.5, 0.6) is 11.5 Å². The summed E-state index contributed by atoms with van der Waals surface area (Å²) in [5.41, 5.74) is 2.03. The van der Waals surface area contributed by atoms with Crippen molar-refractivity contribution < 1.29 is 28.2 Å². The normalized spacial score (nSPS) is 10.5. The van der Waals surface area contributed by atoms with Gasteiger partial charge in [-0.1, -0.05) is 12.1 Å². The average molecular weight is 464 g/mol. The minimum Gasteiger partial charge on any atom is -0.493 e. The molecule has 168 valence electrons. The van der Waals surface area contributed by atoms with E-state index < -0.39 is 11.9 Å². The third kappa shape index (κ3) is 5.04. The van der Waals surface area contributed by atoms with Crippen molar-refractivity contribution >= 4 is 28.9 Å². The van der Waals surface area contributed by atoms with E-state index in [4.69, 9.17) is 18.6 Å². The minimum atomic E-state index is -0.578. The molecule has 0 spiro atoms. The maximum absolute atomic E-state index is 12.7. The molecule has 1 amide bonds. The van der Waals surface area contributed by atoms with Crippen LogP contribution >= 0.6 is 11.3 Å². The van der Waals surface area contributed by atoms with Crippen LogP contribution in [0.1, 0.15) is 26.6 Å². The van der Waals surface area contributed by atoms with Gasteiger partial charge in [0, 0.05) is 10.9 Å². The van der Waals surface area contributed by atoms with Crippen LogP contribution in [0, 0.1) is 0 Å². The number of nitrogens with one attached hydrogen (secondary N) is 1. The molecule has 0 radical (unpaired) electrons. The van der Waals surface area contributed by atoms with Gasteiger partial charge in [-0.3, -0.25) is 4.79 Å². The van der Waals surface area contributed by atoms with Crippen LogP contribution in [0.3, 0.4) is 0 Å². The number of esters is 1. The van der Waals surface area contributed by atoms with Crippen LogP contribution in [0.4, 0.5) is 5.69 Å². The Balaban J connectivity index is 1.43. The molecule has 0 unspecified atom stereocenters. The predicted molar refractivity (Wildman–Crippen MR) is 123 cm³/mol. The van der Waals surface area contributed by atoms with Crippen molar-refractivity contribution in [2.75, 3.05) is 19.5 Å². The van der Waals surface area contributed by atoms with Gasteiger partial charge in [0.25, 0.3) is 5.91 Å². The second-order valence-corrected chi connectivity index (χ2v) is 7.63. The second-order valence-electron chi connectivity index (χ2n) is 6.77. The molecule has 4 rings (SSSR count). The summed E-state index contributed by atoms with van der Waals surface area (Å²) >= 11 is 1.43. The largest absolute Gasteiger partial charge is 0.493 e. The smallest absolute Gasteiger partial charge is 0.340 e. The van der Waals surface area contributed by atoms with Crippen molar-refractivity contribution in [3.8, 4) is 22.1 Å². The van der Waals surface area contributed by atoms with E-state index in [9.17, 15) is 9.59 Å². The van der Waals surface area contributed by atoms with Crippen LogP contribution in [0.2, 0.25) is 0 Å². The van der Waals surface area contributed by atoms with E-state index in [2.05, 4.69) is 10.3 Å². The van der Waals surface area contributed by atoms with Crippen LogP contribution in [0.15, 0.2) is 70.7 Å². The summed E-state index contributed by atoms with van der Waals surface area (Å²) in [6, 6.07) is 15.3. The number of furan rings is 1. The van der Waals surface area contributed by atoms with Gasteiger partial charge in [-0.25, -0.2) is 9.78 Å². The highest BCUT2D eigenvalue weighted by Crippen LogP contribution is 2.33. The van der Waals surface area contributed by atoms with E-state index in [0.29, 0.717) is 22.9 Å². The summed E-state index contributed by atoms with van der Waals surface area (Å²) in [5, 5.41) is 5.25. The Morgan fingerprint density at radius 3 is 2.61 bits per heavy atom. The van der Waals surface area contributed by atoms with Crippen LogP contribution in [0.25, 0.3) is 10.6 Å². The number of anilines is 1. The average Bonchev–Trinajstić information content (AvgIpc) is 3.55. The fraction of sp³-hybridized carbons (Fsp3) is 0.125. The van der Waals surface area contributed by atoms with Gasteiger partial charge in [0.05, 0.1) is 37.4 Å². The first kappa shape index (κ1) is 22.1. The van der Waals surface area contributed by atoms with E-state index >= 15 is 0 Å². The molecule has 0 aliphatic heterocycles. The van der Waals surface area contributed by atoms with Crippen molar-refractivity contribution in [3.05, 3.63) is 83.3 Å². The van der Waals surface area contributed by atoms with Gasteiger partial charge in [0.15, 0.2) is 17.3 Å². The zero-order valence-electron chi connectivity index (χ0n) is 17.9. The van der Waals surface area contributed by atoms with Crippen molar-refractivity contribution in [2.24, 2.45) is 0 Å². The lowest BCUT2D eigenvalue weighted by Gasteiger charge is -2.10. The Kier molecular flexibility index (Phi) is 6.70. The highest BCUT2D eigenvalue weighted by Gasteiger charge is 2.17. The highest BCUT2D eigenvalue weighted by atomic mass is 32.1. The monoisotopic (exact) mass is 464 g/mol. The first-order valence-corrected chi connectivity index (χ1v) is 10.7. The van der Waals surface area contributed by atoms with Crippen LogP contribution in [-0.4, -0.2) is 31.1 Å². The number of nitrogens with zero attached hydrogens (tertiary/aromatic N) is 1. The third-order valence-corrected chi connectivity index (χ3v) is 5.61. The number of hydrogen-bond acceptors (Lipinski definition) is 8. The summed E-state index contributed by atoms with van der Waals surface area (Å²) in [7, 11) is 3.15. The van der Waals surface area contributed by atoms with Crippen LogP contribution < -0.4 is 14.8 Å². The predicted octanol–water partition coefficient (Wildman–Crippen LogP) is 5.03. The van der Waals surface area contributed by atoms with Crippen molar-refractivity contribution in [1.29, 1.82) is 0 Å². The first-order valence-electron chi connectivity index (χ1n) is 9.87. The molecule has 0 fully saturated rings. The molecule has 2 aromatic carbocycles. The number of methoxy groups -OCH3 is 2. The quantitative estimate of drug-likeness (QED) is 0.365. The number of aromatic nitrogens is 1. The molecule has 0 saturated carbocycles. The lowest BCUT2D eigenvalue weighted by Crippen LogP contribution is -2.15. The maximum atomic E-state index is 12.7. The van der Waals surface area contributed by atoms with Gasteiger partial charge >= 0.3 is 5.97 Å². The number of hydrogen-bond donors (Lipinski definition) is 1. The molecular weight excluding hydrogens is 444 g/mol. The molecular formula is C24H20N2O6S. The Morgan fingerprint density at radius 1 is 1.03 bits per heavy atom. The number of rotatable bonds is 8. The highest BCUT2D eigenvalue weighted by molar-refractivity contribution is 7.13. The molecule has 9 heteroatoms. The molecule has 8 nitrogen and oxygen atoms in total. The van der Waals surface area contributed by atoms with Gasteiger partial charge in [0.2, 0.25) is 0 Å². The van der Waals surface area contributed by atoms with Crippen molar-refractivity contribution in [1.82, 2.24) is 4.98 Å². The molecule has 0 atom stereocenters. The summed E-state index contributed by atoms with van der Waals surface area (Å²) < 4.78 is 21.1. The summed E-state index contributed by atoms with van der Waals surface area (Å²) in [6.07, 6.45) is 1.40. The number of ether oxygens (including phenoxy) is 3. The number of carbonyl (C=O) groups excluding carboxylic acids is 2. The molecule has 2 aromatic heterocycles. The number of thiazole rings is 1. The first-order chi connectivity index (χ1) is 16.1. The molecule has 0 saturated heterocycles. The lowest BCUT2D eigenvalue weighted by atomic mass is 10.1. The minimum absolute atomic E-state index is 0.0108. The van der Waals surface area contributed by atoms with Gasteiger partial charge in [0.1, 0.15) is 11.6 Å². The summed E-state index contributed by atoms with van der Waals surface area (Å²) in [6.45, 7) is -0.0108. The van der Waals surface area contributed by atoms with E-state index in [1.54, 1.807) is 44.6 Å². The van der Waals surface area contributed by atoms with Crippen LogP contribution in [-0.2, 0) is 11.3 Å². The fourth-order valence-corrected chi connectivity index (χ4v) is 3.86. The van der Waals surface area contributed by atoms with E-state index in [0.717, 1.165) is 10.6 Å². The Hall–Kier alpha value is -4.11. The second kappa shape index (κ2) is 10.0. The Labute approximate surface area is 193 Å². The molecule has 1 N–H and O–H groups in total. The Bertz CT molecular complexity index is 1270. The van der Waals surface area contributed by atoms with Gasteiger partial charge in [-0.05, 0) is 42.5 Å². The number of benzene rings is 2. The zero-order valence-corrected chi connectivity index (χ0v) is 18.7.